The van der Waals surface area contributed by atoms with Crippen LogP contribution >= 0.6 is 0 Å². The molecule has 2 aliphatic rings. The summed E-state index contributed by atoms with van der Waals surface area (Å²) in [5.74, 6) is -0.772. The maximum Gasteiger partial charge on any atom is 0.306 e. The Morgan fingerprint density at radius 3 is 2.95 bits per heavy atom. The summed E-state index contributed by atoms with van der Waals surface area (Å²) in [5, 5.41) is 8.89. The third-order valence-electron chi connectivity index (χ3n) is 4.41. The second kappa shape index (κ2) is 5.94. The number of carbonyl (C=O) groups is 1. The van der Waals surface area contributed by atoms with Crippen LogP contribution in [0.1, 0.15) is 24.0 Å². The predicted octanol–water partition coefficient (Wildman–Crippen LogP) is 1.72. The first-order valence-corrected chi connectivity index (χ1v) is 7.36. The first kappa shape index (κ1) is 13.6. The lowest BCUT2D eigenvalue weighted by atomic mass is 9.87. The number of ether oxygens (including phenoxy) is 1. The molecule has 0 saturated carbocycles. The second-order valence-corrected chi connectivity index (χ2v) is 5.75. The first-order chi connectivity index (χ1) is 9.72. The molecule has 1 aromatic rings. The van der Waals surface area contributed by atoms with Gasteiger partial charge in [-0.1, -0.05) is 24.3 Å². The molecule has 1 fully saturated rings. The fourth-order valence-corrected chi connectivity index (χ4v) is 3.38. The van der Waals surface area contributed by atoms with Crippen LogP contribution in [0.15, 0.2) is 24.3 Å². The number of rotatable bonds is 3. The molecule has 2 atom stereocenters. The Morgan fingerprint density at radius 2 is 2.15 bits per heavy atom. The van der Waals surface area contributed by atoms with Crippen molar-refractivity contribution in [3.63, 3.8) is 0 Å². The predicted molar refractivity (Wildman–Crippen MR) is 75.8 cm³/mol. The molecule has 108 valence electrons. The molecule has 4 nitrogen and oxygen atoms in total. The summed E-state index contributed by atoms with van der Waals surface area (Å²) >= 11 is 0. The van der Waals surface area contributed by atoms with Crippen LogP contribution < -0.4 is 0 Å². The molecule has 4 heteroatoms. The highest BCUT2D eigenvalue weighted by molar-refractivity contribution is 5.67. The normalized spacial score (nSPS) is 27.0. The zero-order chi connectivity index (χ0) is 13.9. The Bertz CT molecular complexity index is 488. The number of aliphatic carboxylic acids is 1. The summed E-state index contributed by atoms with van der Waals surface area (Å²) in [7, 11) is 0. The number of nitrogens with zero attached hydrogens (tertiary/aromatic N) is 1. The molecule has 0 spiro atoms. The SMILES string of the molecule is O=C(O)CC1CN(C2CCc3ccccc3C2)CCO1. The number of morpholine rings is 1. The van der Waals surface area contributed by atoms with Gasteiger partial charge in [0.25, 0.3) is 0 Å². The maximum absolute atomic E-state index is 10.8. The van der Waals surface area contributed by atoms with E-state index in [2.05, 4.69) is 29.2 Å². The topological polar surface area (TPSA) is 49.8 Å². The van der Waals surface area contributed by atoms with Crippen molar-refractivity contribution in [2.24, 2.45) is 0 Å². The molecule has 1 N–H and O–H groups in total. The van der Waals surface area contributed by atoms with Crippen molar-refractivity contribution in [3.8, 4) is 0 Å². The van der Waals surface area contributed by atoms with Gasteiger partial charge in [0.1, 0.15) is 0 Å². The molecule has 0 radical (unpaired) electrons. The number of benzene rings is 1. The van der Waals surface area contributed by atoms with Crippen molar-refractivity contribution in [2.45, 2.75) is 37.8 Å². The largest absolute Gasteiger partial charge is 0.481 e. The Hall–Kier alpha value is -1.39. The van der Waals surface area contributed by atoms with E-state index in [9.17, 15) is 4.79 Å². The third-order valence-corrected chi connectivity index (χ3v) is 4.41. The van der Waals surface area contributed by atoms with Gasteiger partial charge in [0.2, 0.25) is 0 Å². The molecule has 1 aliphatic heterocycles. The van der Waals surface area contributed by atoms with Gasteiger partial charge in [-0.2, -0.15) is 0 Å². The number of hydrogen-bond acceptors (Lipinski definition) is 3. The highest BCUT2D eigenvalue weighted by atomic mass is 16.5. The standard InChI is InChI=1S/C16H21NO3/c18-16(19)10-15-11-17(7-8-20-15)14-6-5-12-3-1-2-4-13(12)9-14/h1-4,14-15H,5-11H2,(H,18,19). The molecule has 1 heterocycles. The molecule has 1 saturated heterocycles. The maximum atomic E-state index is 10.8. The minimum atomic E-state index is -0.772. The third kappa shape index (κ3) is 3.02. The van der Waals surface area contributed by atoms with Crippen molar-refractivity contribution in [3.05, 3.63) is 35.4 Å². The van der Waals surface area contributed by atoms with Gasteiger partial charge in [0, 0.05) is 19.1 Å². The van der Waals surface area contributed by atoms with E-state index < -0.39 is 5.97 Å². The summed E-state index contributed by atoms with van der Waals surface area (Å²) in [6.07, 6.45) is 3.33. The average Bonchev–Trinajstić information content (AvgIpc) is 2.46. The van der Waals surface area contributed by atoms with Crippen LogP contribution in [-0.2, 0) is 22.4 Å². The lowest BCUT2D eigenvalue weighted by Gasteiger charge is -2.40. The van der Waals surface area contributed by atoms with Gasteiger partial charge < -0.3 is 9.84 Å². The number of aryl methyl sites for hydroxylation is 1. The van der Waals surface area contributed by atoms with Crippen LogP contribution in [0.25, 0.3) is 0 Å². The van der Waals surface area contributed by atoms with Gasteiger partial charge in [-0.3, -0.25) is 9.69 Å². The monoisotopic (exact) mass is 275 g/mol. The summed E-state index contributed by atoms with van der Waals surface area (Å²) in [6.45, 7) is 2.32. The smallest absolute Gasteiger partial charge is 0.306 e. The molecule has 2 unspecified atom stereocenters. The Morgan fingerprint density at radius 1 is 1.35 bits per heavy atom. The van der Waals surface area contributed by atoms with Crippen LogP contribution in [0.4, 0.5) is 0 Å². The van der Waals surface area contributed by atoms with Crippen molar-refractivity contribution >= 4 is 5.97 Å². The van der Waals surface area contributed by atoms with Gasteiger partial charge in [-0.25, -0.2) is 0 Å². The zero-order valence-corrected chi connectivity index (χ0v) is 11.6. The van der Waals surface area contributed by atoms with Crippen molar-refractivity contribution in [1.29, 1.82) is 0 Å². The minimum absolute atomic E-state index is 0.111. The number of carboxylic acid groups (broad SMARTS) is 1. The Balaban J connectivity index is 1.64. The number of hydrogen-bond donors (Lipinski definition) is 1. The Kier molecular flexibility index (Phi) is 4.03. The molecule has 20 heavy (non-hydrogen) atoms. The van der Waals surface area contributed by atoms with E-state index in [0.717, 1.165) is 32.4 Å². The van der Waals surface area contributed by atoms with Crippen molar-refractivity contribution in [1.82, 2.24) is 4.90 Å². The van der Waals surface area contributed by atoms with E-state index in [-0.39, 0.29) is 12.5 Å². The molecule has 0 aromatic heterocycles. The molecule has 0 amide bonds. The first-order valence-electron chi connectivity index (χ1n) is 7.36. The lowest BCUT2D eigenvalue weighted by Crippen LogP contribution is -2.49. The highest BCUT2D eigenvalue weighted by Gasteiger charge is 2.29. The quantitative estimate of drug-likeness (QED) is 0.912. The van der Waals surface area contributed by atoms with Crippen molar-refractivity contribution < 1.29 is 14.6 Å². The van der Waals surface area contributed by atoms with Crippen LogP contribution in [0.3, 0.4) is 0 Å². The zero-order valence-electron chi connectivity index (χ0n) is 11.6. The fraction of sp³-hybridized carbons (Fsp3) is 0.562. The lowest BCUT2D eigenvalue weighted by molar-refractivity contribution is -0.142. The van der Waals surface area contributed by atoms with Crippen LogP contribution in [-0.4, -0.2) is 47.8 Å². The fourth-order valence-electron chi connectivity index (χ4n) is 3.38. The van der Waals surface area contributed by atoms with Crippen LogP contribution in [0.5, 0.6) is 0 Å². The van der Waals surface area contributed by atoms with Gasteiger partial charge in [0.05, 0.1) is 19.1 Å². The van der Waals surface area contributed by atoms with E-state index in [4.69, 9.17) is 9.84 Å². The molecular formula is C16H21NO3. The average molecular weight is 275 g/mol. The minimum Gasteiger partial charge on any atom is -0.481 e. The summed E-state index contributed by atoms with van der Waals surface area (Å²) < 4.78 is 5.56. The van der Waals surface area contributed by atoms with Crippen molar-refractivity contribution in [2.75, 3.05) is 19.7 Å². The van der Waals surface area contributed by atoms with E-state index in [0.29, 0.717) is 12.6 Å². The number of fused-ring (bicyclic) bond motifs is 1. The van der Waals surface area contributed by atoms with Gasteiger partial charge in [0.15, 0.2) is 0 Å². The molecule has 3 rings (SSSR count). The van der Waals surface area contributed by atoms with Gasteiger partial charge in [-0.15, -0.1) is 0 Å². The van der Waals surface area contributed by atoms with Crippen LogP contribution in [0, 0.1) is 0 Å². The Labute approximate surface area is 119 Å². The van der Waals surface area contributed by atoms with E-state index in [1.54, 1.807) is 0 Å². The number of carboxylic acids is 1. The molecular weight excluding hydrogens is 254 g/mol. The molecule has 1 aromatic carbocycles. The molecule has 0 bridgehead atoms. The van der Waals surface area contributed by atoms with E-state index >= 15 is 0 Å². The summed E-state index contributed by atoms with van der Waals surface area (Å²) in [5.41, 5.74) is 2.92. The highest BCUT2D eigenvalue weighted by Crippen LogP contribution is 2.26. The van der Waals surface area contributed by atoms with E-state index in [1.165, 1.54) is 11.1 Å². The molecule has 1 aliphatic carbocycles. The van der Waals surface area contributed by atoms with Crippen LogP contribution in [0.2, 0.25) is 0 Å². The second-order valence-electron chi connectivity index (χ2n) is 5.75. The van der Waals surface area contributed by atoms with Gasteiger partial charge >= 0.3 is 5.97 Å². The summed E-state index contributed by atoms with van der Waals surface area (Å²) in [6, 6.07) is 9.18. The van der Waals surface area contributed by atoms with E-state index in [1.807, 2.05) is 0 Å². The van der Waals surface area contributed by atoms with Gasteiger partial charge in [-0.05, 0) is 30.4 Å². The summed E-state index contributed by atoms with van der Waals surface area (Å²) in [4.78, 5) is 13.2.